The van der Waals surface area contributed by atoms with Crippen molar-refractivity contribution in [3.05, 3.63) is 52.6 Å². The minimum absolute atomic E-state index is 0.217. The Labute approximate surface area is 135 Å². The number of H-pyrrole nitrogens is 1. The quantitative estimate of drug-likeness (QED) is 0.684. The van der Waals surface area contributed by atoms with E-state index in [0.717, 1.165) is 11.4 Å². The molecule has 2 amide bonds. The molecule has 118 valence electrons. The molecular formula is C15H14N4O3S. The number of furan rings is 1. The normalized spacial score (nSPS) is 10.5. The Morgan fingerprint density at radius 3 is 2.65 bits per heavy atom. The van der Waals surface area contributed by atoms with Crippen molar-refractivity contribution in [1.82, 2.24) is 10.2 Å². The van der Waals surface area contributed by atoms with Crippen molar-refractivity contribution in [2.75, 3.05) is 10.6 Å². The second-order valence-electron chi connectivity index (χ2n) is 4.86. The van der Waals surface area contributed by atoms with Crippen LogP contribution < -0.4 is 10.6 Å². The lowest BCUT2D eigenvalue weighted by molar-refractivity contribution is 0.0995. The largest absolute Gasteiger partial charge is 0.459 e. The van der Waals surface area contributed by atoms with Crippen LogP contribution in [0.5, 0.6) is 0 Å². The van der Waals surface area contributed by atoms with Crippen LogP contribution in [0.1, 0.15) is 31.6 Å². The molecule has 23 heavy (non-hydrogen) atoms. The summed E-state index contributed by atoms with van der Waals surface area (Å²) in [6.07, 6.45) is 1.43. The zero-order valence-electron chi connectivity index (χ0n) is 12.5. The number of nitrogens with one attached hydrogen (secondary N) is 3. The first-order chi connectivity index (χ1) is 11.0. The summed E-state index contributed by atoms with van der Waals surface area (Å²) in [6, 6.07) is 6.54. The SMILES string of the molecule is Cc1n[nH]c(C)c1NC(=O)c1ccc(NC(=O)c2ccco2)s1. The summed E-state index contributed by atoms with van der Waals surface area (Å²) in [4.78, 5) is 24.6. The Morgan fingerprint density at radius 1 is 1.17 bits per heavy atom. The van der Waals surface area contributed by atoms with E-state index in [1.54, 1.807) is 24.3 Å². The smallest absolute Gasteiger partial charge is 0.291 e. The Morgan fingerprint density at radius 2 is 2.00 bits per heavy atom. The molecule has 7 nitrogen and oxygen atoms in total. The summed E-state index contributed by atoms with van der Waals surface area (Å²) >= 11 is 1.18. The predicted octanol–water partition coefficient (Wildman–Crippen LogP) is 3.19. The first kappa shape index (κ1) is 15.0. The number of aryl methyl sites for hydroxylation is 2. The van der Waals surface area contributed by atoms with Crippen LogP contribution >= 0.6 is 11.3 Å². The maximum absolute atomic E-state index is 12.3. The van der Waals surface area contributed by atoms with Crippen molar-refractivity contribution in [2.45, 2.75) is 13.8 Å². The Bertz CT molecular complexity index is 829. The molecule has 0 bridgehead atoms. The Hall–Kier alpha value is -2.87. The average molecular weight is 330 g/mol. The third-order valence-electron chi connectivity index (χ3n) is 3.18. The van der Waals surface area contributed by atoms with Gasteiger partial charge >= 0.3 is 0 Å². The van der Waals surface area contributed by atoms with E-state index in [1.807, 2.05) is 13.8 Å². The molecule has 0 radical (unpaired) electrons. The van der Waals surface area contributed by atoms with Gasteiger partial charge in [-0.15, -0.1) is 11.3 Å². The molecule has 0 aromatic carbocycles. The van der Waals surface area contributed by atoms with Crippen LogP contribution in [0.2, 0.25) is 0 Å². The van der Waals surface area contributed by atoms with Crippen LogP contribution in [0.25, 0.3) is 0 Å². The molecule has 0 saturated heterocycles. The highest BCUT2D eigenvalue weighted by Gasteiger charge is 2.15. The molecule has 3 aromatic heterocycles. The van der Waals surface area contributed by atoms with Crippen LogP contribution in [0, 0.1) is 13.8 Å². The second-order valence-corrected chi connectivity index (χ2v) is 5.94. The van der Waals surface area contributed by atoms with E-state index in [2.05, 4.69) is 20.8 Å². The van der Waals surface area contributed by atoms with Gasteiger partial charge in [-0.25, -0.2) is 0 Å². The molecule has 0 atom stereocenters. The lowest BCUT2D eigenvalue weighted by Crippen LogP contribution is -2.11. The zero-order valence-corrected chi connectivity index (χ0v) is 13.3. The monoisotopic (exact) mass is 330 g/mol. The van der Waals surface area contributed by atoms with Crippen molar-refractivity contribution in [1.29, 1.82) is 0 Å². The fourth-order valence-electron chi connectivity index (χ4n) is 2.02. The number of hydrogen-bond donors (Lipinski definition) is 3. The molecule has 0 aliphatic carbocycles. The minimum Gasteiger partial charge on any atom is -0.459 e. The molecule has 0 fully saturated rings. The lowest BCUT2D eigenvalue weighted by atomic mass is 10.3. The number of hydrogen-bond acceptors (Lipinski definition) is 5. The number of rotatable bonds is 4. The molecule has 3 N–H and O–H groups in total. The van der Waals surface area contributed by atoms with E-state index in [9.17, 15) is 9.59 Å². The van der Waals surface area contributed by atoms with Crippen molar-refractivity contribution in [3.63, 3.8) is 0 Å². The Kier molecular flexibility index (Phi) is 3.98. The highest BCUT2D eigenvalue weighted by atomic mass is 32.1. The molecule has 0 unspecified atom stereocenters. The summed E-state index contributed by atoms with van der Waals surface area (Å²) in [7, 11) is 0. The fourth-order valence-corrected chi connectivity index (χ4v) is 2.82. The number of carbonyl (C=O) groups excluding carboxylic acids is 2. The Balaban J connectivity index is 1.69. The molecule has 3 aromatic rings. The van der Waals surface area contributed by atoms with E-state index >= 15 is 0 Å². The van der Waals surface area contributed by atoms with Gasteiger partial charge in [-0.2, -0.15) is 5.10 Å². The summed E-state index contributed by atoms with van der Waals surface area (Å²) < 4.78 is 5.02. The maximum atomic E-state index is 12.3. The maximum Gasteiger partial charge on any atom is 0.291 e. The number of anilines is 2. The highest BCUT2D eigenvalue weighted by molar-refractivity contribution is 7.18. The van der Waals surface area contributed by atoms with E-state index in [-0.39, 0.29) is 17.6 Å². The molecule has 3 heterocycles. The number of nitrogens with zero attached hydrogens (tertiary/aromatic N) is 1. The van der Waals surface area contributed by atoms with Gasteiger partial charge in [0.1, 0.15) is 0 Å². The van der Waals surface area contributed by atoms with Crippen molar-refractivity contribution >= 4 is 33.8 Å². The third kappa shape index (κ3) is 3.16. The highest BCUT2D eigenvalue weighted by Crippen LogP contribution is 2.25. The molecule has 0 aliphatic heterocycles. The number of amides is 2. The average Bonchev–Trinajstić information content (AvgIpc) is 3.25. The van der Waals surface area contributed by atoms with Crippen LogP contribution in [0.4, 0.5) is 10.7 Å². The topological polar surface area (TPSA) is 100 Å². The summed E-state index contributed by atoms with van der Waals surface area (Å²) in [6.45, 7) is 3.64. The number of carbonyl (C=O) groups is 2. The number of aromatic amines is 1. The van der Waals surface area contributed by atoms with Gasteiger partial charge in [0.05, 0.1) is 33.2 Å². The van der Waals surface area contributed by atoms with E-state index < -0.39 is 0 Å². The van der Waals surface area contributed by atoms with Crippen molar-refractivity contribution in [3.8, 4) is 0 Å². The lowest BCUT2D eigenvalue weighted by Gasteiger charge is -2.03. The van der Waals surface area contributed by atoms with Gasteiger partial charge in [-0.05, 0) is 38.1 Å². The van der Waals surface area contributed by atoms with Crippen LogP contribution in [-0.4, -0.2) is 22.0 Å². The van der Waals surface area contributed by atoms with Gasteiger partial charge < -0.3 is 15.1 Å². The van der Waals surface area contributed by atoms with Crippen LogP contribution in [-0.2, 0) is 0 Å². The van der Waals surface area contributed by atoms with Gasteiger partial charge in [-0.3, -0.25) is 14.7 Å². The van der Waals surface area contributed by atoms with Crippen molar-refractivity contribution in [2.24, 2.45) is 0 Å². The fraction of sp³-hybridized carbons (Fsp3) is 0.133. The van der Waals surface area contributed by atoms with Gasteiger partial charge in [0, 0.05) is 0 Å². The molecule has 0 saturated carbocycles. The van der Waals surface area contributed by atoms with Gasteiger partial charge in [0.2, 0.25) is 0 Å². The van der Waals surface area contributed by atoms with Gasteiger partial charge in [-0.1, -0.05) is 0 Å². The van der Waals surface area contributed by atoms with Gasteiger partial charge in [0.25, 0.3) is 11.8 Å². The number of aromatic nitrogens is 2. The van der Waals surface area contributed by atoms with E-state index in [4.69, 9.17) is 4.42 Å². The standard InChI is InChI=1S/C15H14N4O3S/c1-8-13(9(2)19-18-8)17-15(21)11-5-6-12(23-11)16-14(20)10-4-3-7-22-10/h3-7H,1-2H3,(H,16,20)(H,17,21)(H,18,19). The summed E-state index contributed by atoms with van der Waals surface area (Å²) in [5.74, 6) is -0.388. The summed E-state index contributed by atoms with van der Waals surface area (Å²) in [5, 5.41) is 12.9. The molecule has 8 heteroatoms. The molecule has 0 spiro atoms. The van der Waals surface area contributed by atoms with Crippen LogP contribution in [0.3, 0.4) is 0 Å². The zero-order chi connectivity index (χ0) is 16.4. The first-order valence-electron chi connectivity index (χ1n) is 6.82. The summed E-state index contributed by atoms with van der Waals surface area (Å²) in [5.41, 5.74) is 2.18. The van der Waals surface area contributed by atoms with Crippen LogP contribution in [0.15, 0.2) is 34.9 Å². The molecule has 0 aliphatic rings. The molecular weight excluding hydrogens is 316 g/mol. The van der Waals surface area contributed by atoms with E-state index in [0.29, 0.717) is 15.6 Å². The third-order valence-corrected chi connectivity index (χ3v) is 4.18. The van der Waals surface area contributed by atoms with E-state index in [1.165, 1.54) is 17.6 Å². The van der Waals surface area contributed by atoms with Crippen molar-refractivity contribution < 1.29 is 14.0 Å². The van der Waals surface area contributed by atoms with Gasteiger partial charge in [0.15, 0.2) is 5.76 Å². The first-order valence-corrected chi connectivity index (χ1v) is 7.64. The predicted molar refractivity (Wildman–Crippen MR) is 87.0 cm³/mol. The minimum atomic E-state index is -0.356. The number of thiophene rings is 1. The molecule has 3 rings (SSSR count). The second kappa shape index (κ2) is 6.09.